The molecule has 0 saturated carbocycles. The summed E-state index contributed by atoms with van der Waals surface area (Å²) in [4.78, 5) is 13.7. The van der Waals surface area contributed by atoms with E-state index >= 15 is 0 Å². The zero-order valence-electron chi connectivity index (χ0n) is 9.73. The molecule has 17 heavy (non-hydrogen) atoms. The SMILES string of the molecule is N[C@H]1CCCN(C(=O)Cc2cccc(F)c2)C1. The summed E-state index contributed by atoms with van der Waals surface area (Å²) in [5.74, 6) is -0.267. The number of hydrogen-bond acceptors (Lipinski definition) is 2. The number of rotatable bonds is 2. The van der Waals surface area contributed by atoms with Crippen molar-refractivity contribution in [1.82, 2.24) is 4.90 Å². The predicted molar refractivity (Wildman–Crippen MR) is 63.9 cm³/mol. The van der Waals surface area contributed by atoms with Crippen LogP contribution < -0.4 is 5.73 Å². The zero-order valence-corrected chi connectivity index (χ0v) is 9.73. The Morgan fingerprint density at radius 1 is 1.53 bits per heavy atom. The highest BCUT2D eigenvalue weighted by Crippen LogP contribution is 2.11. The lowest BCUT2D eigenvalue weighted by atomic mass is 10.1. The summed E-state index contributed by atoms with van der Waals surface area (Å²) in [5.41, 5.74) is 6.54. The smallest absolute Gasteiger partial charge is 0.227 e. The molecule has 1 aromatic carbocycles. The Morgan fingerprint density at radius 2 is 2.35 bits per heavy atom. The van der Waals surface area contributed by atoms with Crippen LogP contribution in [-0.4, -0.2) is 29.9 Å². The van der Waals surface area contributed by atoms with Gasteiger partial charge in [-0.3, -0.25) is 4.79 Å². The summed E-state index contributed by atoms with van der Waals surface area (Å²) in [5, 5.41) is 0. The average molecular weight is 236 g/mol. The van der Waals surface area contributed by atoms with Crippen LogP contribution in [0, 0.1) is 5.82 Å². The van der Waals surface area contributed by atoms with E-state index in [9.17, 15) is 9.18 Å². The molecule has 0 bridgehead atoms. The highest BCUT2D eigenvalue weighted by atomic mass is 19.1. The third-order valence-corrected chi connectivity index (χ3v) is 3.05. The molecule has 92 valence electrons. The molecule has 1 saturated heterocycles. The largest absolute Gasteiger partial charge is 0.341 e. The van der Waals surface area contributed by atoms with E-state index in [0.29, 0.717) is 12.1 Å². The number of halogens is 1. The van der Waals surface area contributed by atoms with Crippen LogP contribution in [0.25, 0.3) is 0 Å². The topological polar surface area (TPSA) is 46.3 Å². The number of carbonyl (C=O) groups is 1. The third kappa shape index (κ3) is 3.27. The molecule has 1 aliphatic heterocycles. The lowest BCUT2D eigenvalue weighted by molar-refractivity contribution is -0.131. The first-order valence-electron chi connectivity index (χ1n) is 5.93. The van der Waals surface area contributed by atoms with E-state index < -0.39 is 0 Å². The van der Waals surface area contributed by atoms with Gasteiger partial charge in [0.15, 0.2) is 0 Å². The maximum Gasteiger partial charge on any atom is 0.227 e. The van der Waals surface area contributed by atoms with Gasteiger partial charge < -0.3 is 10.6 Å². The fourth-order valence-corrected chi connectivity index (χ4v) is 2.17. The van der Waals surface area contributed by atoms with Crippen molar-refractivity contribution in [3.63, 3.8) is 0 Å². The molecule has 4 heteroatoms. The van der Waals surface area contributed by atoms with Crippen LogP contribution >= 0.6 is 0 Å². The molecule has 1 fully saturated rings. The van der Waals surface area contributed by atoms with Crippen LogP contribution in [0.15, 0.2) is 24.3 Å². The van der Waals surface area contributed by atoms with Gasteiger partial charge >= 0.3 is 0 Å². The van der Waals surface area contributed by atoms with Gasteiger partial charge in [0.25, 0.3) is 0 Å². The lowest BCUT2D eigenvalue weighted by Crippen LogP contribution is -2.46. The van der Waals surface area contributed by atoms with Gasteiger partial charge in [0.2, 0.25) is 5.91 Å². The lowest BCUT2D eigenvalue weighted by Gasteiger charge is -2.30. The Hall–Kier alpha value is -1.42. The minimum atomic E-state index is -0.300. The number of hydrogen-bond donors (Lipinski definition) is 1. The molecule has 0 spiro atoms. The van der Waals surface area contributed by atoms with Crippen LogP contribution in [0.2, 0.25) is 0 Å². The molecule has 2 N–H and O–H groups in total. The summed E-state index contributed by atoms with van der Waals surface area (Å²) < 4.78 is 13.0. The summed E-state index contributed by atoms with van der Waals surface area (Å²) in [6, 6.07) is 6.26. The first-order valence-corrected chi connectivity index (χ1v) is 5.93. The van der Waals surface area contributed by atoms with E-state index in [1.54, 1.807) is 17.0 Å². The second kappa shape index (κ2) is 5.27. The van der Waals surface area contributed by atoms with Gasteiger partial charge in [-0.15, -0.1) is 0 Å². The van der Waals surface area contributed by atoms with Crippen molar-refractivity contribution in [1.29, 1.82) is 0 Å². The number of likely N-dealkylation sites (tertiary alicyclic amines) is 1. The van der Waals surface area contributed by atoms with Gasteiger partial charge in [0.1, 0.15) is 5.82 Å². The Morgan fingerprint density at radius 3 is 3.06 bits per heavy atom. The van der Waals surface area contributed by atoms with Crippen molar-refractivity contribution in [2.75, 3.05) is 13.1 Å². The fourth-order valence-electron chi connectivity index (χ4n) is 2.17. The van der Waals surface area contributed by atoms with Gasteiger partial charge in [0.05, 0.1) is 6.42 Å². The van der Waals surface area contributed by atoms with Crippen LogP contribution in [0.4, 0.5) is 4.39 Å². The molecule has 0 aromatic heterocycles. The standard InChI is InChI=1S/C13H17FN2O/c14-11-4-1-3-10(7-11)8-13(17)16-6-2-5-12(15)9-16/h1,3-4,7,12H,2,5-6,8-9,15H2/t12-/m0/s1. The number of amides is 1. The molecule has 3 nitrogen and oxygen atoms in total. The van der Waals surface area contributed by atoms with Crippen LogP contribution in [0.5, 0.6) is 0 Å². The summed E-state index contributed by atoms with van der Waals surface area (Å²) in [6.07, 6.45) is 2.18. The van der Waals surface area contributed by atoms with E-state index in [4.69, 9.17) is 5.73 Å². The molecule has 1 heterocycles. The van der Waals surface area contributed by atoms with Gasteiger partial charge in [-0.05, 0) is 30.5 Å². The Balaban J connectivity index is 1.96. The van der Waals surface area contributed by atoms with Crippen molar-refractivity contribution in [2.45, 2.75) is 25.3 Å². The van der Waals surface area contributed by atoms with Gasteiger partial charge in [-0.2, -0.15) is 0 Å². The summed E-state index contributed by atoms with van der Waals surface area (Å²) in [6.45, 7) is 1.38. The molecule has 1 aromatic rings. The van der Waals surface area contributed by atoms with Crippen molar-refractivity contribution in [2.24, 2.45) is 5.73 Å². The number of nitrogens with zero attached hydrogens (tertiary/aromatic N) is 1. The predicted octanol–water partition coefficient (Wildman–Crippen LogP) is 1.32. The molecule has 1 atom stereocenters. The second-order valence-electron chi connectivity index (χ2n) is 4.55. The van der Waals surface area contributed by atoms with Crippen molar-refractivity contribution >= 4 is 5.91 Å². The molecular formula is C13H17FN2O. The maximum absolute atomic E-state index is 13.0. The number of carbonyl (C=O) groups excluding carboxylic acids is 1. The molecule has 0 unspecified atom stereocenters. The first kappa shape index (κ1) is 12.0. The average Bonchev–Trinajstić information content (AvgIpc) is 2.29. The highest BCUT2D eigenvalue weighted by molar-refractivity contribution is 5.78. The van der Waals surface area contributed by atoms with Crippen molar-refractivity contribution in [3.8, 4) is 0 Å². The van der Waals surface area contributed by atoms with E-state index in [1.165, 1.54) is 12.1 Å². The molecular weight excluding hydrogens is 219 g/mol. The third-order valence-electron chi connectivity index (χ3n) is 3.05. The van der Waals surface area contributed by atoms with Gasteiger partial charge in [-0.1, -0.05) is 12.1 Å². The molecule has 0 aliphatic carbocycles. The maximum atomic E-state index is 13.0. The van der Waals surface area contributed by atoms with Crippen LogP contribution in [0.1, 0.15) is 18.4 Å². The monoisotopic (exact) mass is 236 g/mol. The van der Waals surface area contributed by atoms with E-state index in [0.717, 1.165) is 19.4 Å². The van der Waals surface area contributed by atoms with Crippen molar-refractivity contribution in [3.05, 3.63) is 35.6 Å². The minimum Gasteiger partial charge on any atom is -0.341 e. The normalized spacial score (nSPS) is 20.4. The van der Waals surface area contributed by atoms with Crippen LogP contribution in [-0.2, 0) is 11.2 Å². The minimum absolute atomic E-state index is 0.0331. The number of benzene rings is 1. The van der Waals surface area contributed by atoms with Crippen LogP contribution in [0.3, 0.4) is 0 Å². The molecule has 0 radical (unpaired) electrons. The second-order valence-corrected chi connectivity index (χ2v) is 4.55. The highest BCUT2D eigenvalue weighted by Gasteiger charge is 2.21. The van der Waals surface area contributed by atoms with Gasteiger partial charge in [0, 0.05) is 19.1 Å². The fraction of sp³-hybridized carbons (Fsp3) is 0.462. The summed E-state index contributed by atoms with van der Waals surface area (Å²) in [7, 11) is 0. The Labute approximate surface area is 100 Å². The number of nitrogens with two attached hydrogens (primary N) is 1. The zero-order chi connectivity index (χ0) is 12.3. The number of piperidine rings is 1. The van der Waals surface area contributed by atoms with Crippen molar-refractivity contribution < 1.29 is 9.18 Å². The van der Waals surface area contributed by atoms with E-state index in [2.05, 4.69) is 0 Å². The molecule has 1 aliphatic rings. The molecule has 1 amide bonds. The summed E-state index contributed by atoms with van der Waals surface area (Å²) >= 11 is 0. The van der Waals surface area contributed by atoms with E-state index in [1.807, 2.05) is 0 Å². The molecule has 2 rings (SSSR count). The van der Waals surface area contributed by atoms with Gasteiger partial charge in [-0.25, -0.2) is 4.39 Å². The first-order chi connectivity index (χ1) is 8.15. The Kier molecular flexibility index (Phi) is 3.74. The quantitative estimate of drug-likeness (QED) is 0.841. The van der Waals surface area contributed by atoms with E-state index in [-0.39, 0.29) is 24.2 Å². The Bertz CT molecular complexity index is 408.